The number of nitrogens with zero attached hydrogens (tertiary/aromatic N) is 2. The van der Waals surface area contributed by atoms with Gasteiger partial charge in [0.25, 0.3) is 0 Å². The largest absolute Gasteiger partial charge is 0.468 e. The molecule has 2 unspecified atom stereocenters. The Labute approximate surface area is 121 Å². The first-order valence-corrected chi connectivity index (χ1v) is 7.29. The van der Waals surface area contributed by atoms with Gasteiger partial charge in [0, 0.05) is 12.2 Å². The molecule has 1 heterocycles. The molecule has 0 aromatic carbocycles. The third-order valence-corrected chi connectivity index (χ3v) is 3.87. The molecule has 6 heteroatoms. The molecule has 2 atom stereocenters. The van der Waals surface area contributed by atoms with Gasteiger partial charge in [-0.3, -0.25) is 14.8 Å². The van der Waals surface area contributed by atoms with Crippen molar-refractivity contribution in [2.75, 3.05) is 7.11 Å². The van der Waals surface area contributed by atoms with E-state index < -0.39 is 5.54 Å². The average Bonchev–Trinajstić information content (AvgIpc) is 3.06. The summed E-state index contributed by atoms with van der Waals surface area (Å²) in [5, 5.41) is 7.67. The molecule has 1 saturated carbocycles. The predicted molar refractivity (Wildman–Crippen MR) is 75.8 cm³/mol. The van der Waals surface area contributed by atoms with Gasteiger partial charge in [-0.15, -0.1) is 0 Å². The van der Waals surface area contributed by atoms with E-state index in [1.807, 2.05) is 17.8 Å². The van der Waals surface area contributed by atoms with E-state index in [-0.39, 0.29) is 12.0 Å². The van der Waals surface area contributed by atoms with E-state index in [1.165, 1.54) is 7.11 Å². The van der Waals surface area contributed by atoms with Crippen LogP contribution in [-0.2, 0) is 9.53 Å². The Balaban J connectivity index is 2.08. The summed E-state index contributed by atoms with van der Waals surface area (Å²) in [4.78, 5) is 12.0. The number of esters is 1. The highest BCUT2D eigenvalue weighted by molar-refractivity contribution is 9.10. The topological polar surface area (TPSA) is 56.2 Å². The number of ether oxygens (including phenoxy) is 1. The van der Waals surface area contributed by atoms with Crippen LogP contribution >= 0.6 is 15.9 Å². The van der Waals surface area contributed by atoms with Crippen molar-refractivity contribution in [3.8, 4) is 0 Å². The molecule has 0 bridgehead atoms. The average molecular weight is 330 g/mol. The highest BCUT2D eigenvalue weighted by atomic mass is 79.9. The first-order chi connectivity index (χ1) is 8.94. The van der Waals surface area contributed by atoms with Crippen molar-refractivity contribution in [1.29, 1.82) is 0 Å². The minimum absolute atomic E-state index is 0.113. The van der Waals surface area contributed by atoms with E-state index >= 15 is 0 Å². The molecule has 19 heavy (non-hydrogen) atoms. The fourth-order valence-electron chi connectivity index (χ4n) is 2.34. The zero-order valence-electron chi connectivity index (χ0n) is 11.5. The number of nitrogens with one attached hydrogen (secondary N) is 1. The molecule has 1 aliphatic rings. The lowest BCUT2D eigenvalue weighted by Crippen LogP contribution is -2.52. The first kappa shape index (κ1) is 14.5. The van der Waals surface area contributed by atoms with Gasteiger partial charge in [0.2, 0.25) is 0 Å². The summed E-state index contributed by atoms with van der Waals surface area (Å²) in [6.07, 6.45) is 6.58. The summed E-state index contributed by atoms with van der Waals surface area (Å²) in [5.41, 5.74) is -0.659. The van der Waals surface area contributed by atoms with Crippen LogP contribution in [0.4, 0.5) is 0 Å². The molecule has 0 spiro atoms. The van der Waals surface area contributed by atoms with Crippen LogP contribution in [0.15, 0.2) is 16.9 Å². The molecule has 5 nitrogen and oxygen atoms in total. The lowest BCUT2D eigenvalue weighted by Gasteiger charge is -2.30. The van der Waals surface area contributed by atoms with E-state index in [9.17, 15) is 4.79 Å². The number of carbonyl (C=O) groups excluding carboxylic acids is 1. The number of methoxy groups -OCH3 is 1. The van der Waals surface area contributed by atoms with Gasteiger partial charge in [0.05, 0.1) is 23.8 Å². The first-order valence-electron chi connectivity index (χ1n) is 6.50. The maximum Gasteiger partial charge on any atom is 0.325 e. The molecule has 1 aromatic rings. The molecule has 1 aromatic heterocycles. The predicted octanol–water partition coefficient (Wildman–Crippen LogP) is 2.28. The molecule has 1 N–H and O–H groups in total. The van der Waals surface area contributed by atoms with Gasteiger partial charge in [-0.1, -0.05) is 0 Å². The maximum absolute atomic E-state index is 12.0. The van der Waals surface area contributed by atoms with E-state index in [0.29, 0.717) is 12.5 Å². The van der Waals surface area contributed by atoms with Crippen molar-refractivity contribution < 1.29 is 9.53 Å². The summed E-state index contributed by atoms with van der Waals surface area (Å²) >= 11 is 3.38. The minimum atomic E-state index is -0.659. The Morgan fingerprint density at radius 1 is 1.74 bits per heavy atom. The highest BCUT2D eigenvalue weighted by Crippen LogP contribution is 2.28. The smallest absolute Gasteiger partial charge is 0.325 e. The normalized spacial score (nSPS) is 19.8. The SMILES string of the molecule is COC(=O)C(C)(CC(C)n1cc(Br)cn1)NC1CC1. The fraction of sp³-hybridized carbons (Fsp3) is 0.692. The second kappa shape index (κ2) is 5.63. The Bertz CT molecular complexity index is 458. The fourth-order valence-corrected chi connectivity index (χ4v) is 2.65. The van der Waals surface area contributed by atoms with Gasteiger partial charge in [0.15, 0.2) is 0 Å². The van der Waals surface area contributed by atoms with Crippen LogP contribution in [0, 0.1) is 0 Å². The zero-order valence-corrected chi connectivity index (χ0v) is 13.1. The van der Waals surface area contributed by atoms with E-state index in [0.717, 1.165) is 17.3 Å². The van der Waals surface area contributed by atoms with Gasteiger partial charge < -0.3 is 4.74 Å². The van der Waals surface area contributed by atoms with Crippen molar-refractivity contribution in [3.05, 3.63) is 16.9 Å². The number of hydrogen-bond acceptors (Lipinski definition) is 4. The lowest BCUT2D eigenvalue weighted by atomic mass is 9.93. The number of halogens is 1. The highest BCUT2D eigenvalue weighted by Gasteiger charge is 2.40. The lowest BCUT2D eigenvalue weighted by molar-refractivity contribution is -0.148. The number of rotatable bonds is 6. The summed E-state index contributed by atoms with van der Waals surface area (Å²) in [5.74, 6) is -0.211. The van der Waals surface area contributed by atoms with Crippen LogP contribution in [0.25, 0.3) is 0 Å². The number of aromatic nitrogens is 2. The molecule has 0 saturated heterocycles. The standard InChI is InChI=1S/C13H20BrN3O2/c1-9(17-8-10(14)7-15-17)6-13(2,12(18)19-3)16-11-4-5-11/h7-9,11,16H,4-6H2,1-3H3. The summed E-state index contributed by atoms with van der Waals surface area (Å²) < 4.78 is 7.75. The Hall–Kier alpha value is -0.880. The molecule has 106 valence electrons. The number of hydrogen-bond donors (Lipinski definition) is 1. The number of carbonyl (C=O) groups is 1. The van der Waals surface area contributed by atoms with Gasteiger partial charge >= 0.3 is 5.97 Å². The summed E-state index contributed by atoms with van der Waals surface area (Å²) in [7, 11) is 1.43. The molecule has 0 radical (unpaired) electrons. The van der Waals surface area contributed by atoms with Crippen LogP contribution in [0.3, 0.4) is 0 Å². The molecule has 0 amide bonds. The van der Waals surface area contributed by atoms with Crippen molar-refractivity contribution in [2.24, 2.45) is 0 Å². The maximum atomic E-state index is 12.0. The van der Waals surface area contributed by atoms with Gasteiger partial charge in [-0.25, -0.2) is 0 Å². The Kier molecular flexibility index (Phi) is 4.30. The van der Waals surface area contributed by atoms with Crippen molar-refractivity contribution in [3.63, 3.8) is 0 Å². The third kappa shape index (κ3) is 3.57. The van der Waals surface area contributed by atoms with E-state index in [1.54, 1.807) is 6.20 Å². The van der Waals surface area contributed by atoms with Crippen LogP contribution in [0.2, 0.25) is 0 Å². The molecule has 0 aliphatic heterocycles. The van der Waals surface area contributed by atoms with Crippen molar-refractivity contribution in [2.45, 2.75) is 50.7 Å². The molecular weight excluding hydrogens is 310 g/mol. The van der Waals surface area contributed by atoms with E-state index in [4.69, 9.17) is 4.74 Å². The second-order valence-electron chi connectivity index (χ2n) is 5.43. The Morgan fingerprint density at radius 2 is 2.42 bits per heavy atom. The second-order valence-corrected chi connectivity index (χ2v) is 6.35. The van der Waals surface area contributed by atoms with Gasteiger partial charge in [-0.2, -0.15) is 5.10 Å². The van der Waals surface area contributed by atoms with Crippen molar-refractivity contribution >= 4 is 21.9 Å². The molecule has 1 fully saturated rings. The molecule has 2 rings (SSSR count). The van der Waals surface area contributed by atoms with Crippen LogP contribution in [0.5, 0.6) is 0 Å². The quantitative estimate of drug-likeness (QED) is 0.813. The molecular formula is C13H20BrN3O2. The van der Waals surface area contributed by atoms with Crippen LogP contribution in [-0.4, -0.2) is 34.4 Å². The summed E-state index contributed by atoms with van der Waals surface area (Å²) in [6, 6.07) is 0.558. The van der Waals surface area contributed by atoms with E-state index in [2.05, 4.69) is 33.3 Å². The van der Waals surface area contributed by atoms with Crippen LogP contribution < -0.4 is 5.32 Å². The Morgan fingerprint density at radius 3 is 2.89 bits per heavy atom. The summed E-state index contributed by atoms with van der Waals surface area (Å²) in [6.45, 7) is 3.96. The van der Waals surface area contributed by atoms with Crippen molar-refractivity contribution in [1.82, 2.24) is 15.1 Å². The zero-order chi connectivity index (χ0) is 14.0. The van der Waals surface area contributed by atoms with Gasteiger partial charge in [0.1, 0.15) is 5.54 Å². The van der Waals surface area contributed by atoms with Gasteiger partial charge in [-0.05, 0) is 49.0 Å². The van der Waals surface area contributed by atoms with Crippen LogP contribution in [0.1, 0.15) is 39.2 Å². The minimum Gasteiger partial charge on any atom is -0.468 e. The third-order valence-electron chi connectivity index (χ3n) is 3.46. The monoisotopic (exact) mass is 329 g/mol. The molecule has 1 aliphatic carbocycles.